The Morgan fingerprint density at radius 1 is 0.809 bits per heavy atom. The molecule has 0 saturated carbocycles. The van der Waals surface area contributed by atoms with E-state index in [4.69, 9.17) is 4.74 Å². The number of carbonyl (C=O) groups is 5. The van der Waals surface area contributed by atoms with Crippen molar-refractivity contribution in [1.29, 1.82) is 0 Å². The third kappa shape index (κ3) is 16.4. The molecule has 1 rings (SSSR count). The molecule has 0 radical (unpaired) electrons. The van der Waals surface area contributed by atoms with Crippen molar-refractivity contribution in [3.63, 3.8) is 0 Å². The highest BCUT2D eigenvalue weighted by molar-refractivity contribution is 7.98. The summed E-state index contributed by atoms with van der Waals surface area (Å²) in [5, 5.41) is 24.9. The average molecular weight is 680 g/mol. The molecule has 0 bridgehead atoms. The van der Waals surface area contributed by atoms with Crippen molar-refractivity contribution in [2.24, 2.45) is 17.8 Å². The number of aliphatic hydroxyl groups excluding tert-OH is 1. The lowest BCUT2D eigenvalue weighted by molar-refractivity contribution is -0.132. The van der Waals surface area contributed by atoms with Gasteiger partial charge in [-0.2, -0.15) is 11.8 Å². The Balaban J connectivity index is 2.87. The number of ether oxygens (including phenoxy) is 1. The molecule has 0 aliphatic carbocycles. The van der Waals surface area contributed by atoms with Crippen LogP contribution in [0.15, 0.2) is 30.3 Å². The van der Waals surface area contributed by atoms with E-state index in [1.807, 2.05) is 44.2 Å². The van der Waals surface area contributed by atoms with E-state index in [0.717, 1.165) is 5.56 Å². The van der Waals surface area contributed by atoms with Crippen LogP contribution in [0.1, 0.15) is 80.7 Å². The third-order valence-electron chi connectivity index (χ3n) is 7.21. The van der Waals surface area contributed by atoms with Gasteiger partial charge in [-0.3, -0.25) is 19.2 Å². The van der Waals surface area contributed by atoms with Crippen molar-refractivity contribution in [3.05, 3.63) is 35.9 Å². The summed E-state index contributed by atoms with van der Waals surface area (Å²) < 4.78 is 5.30. The second kappa shape index (κ2) is 20.1. The molecule has 0 aliphatic heterocycles. The first-order valence-electron chi connectivity index (χ1n) is 16.2. The number of carbonyl (C=O) groups excluding carboxylic acids is 5. The van der Waals surface area contributed by atoms with Crippen molar-refractivity contribution in [3.8, 4) is 0 Å². The standard InChI is InChI=1S/C34H57N5O7S/c1-20(2)16-25(27(40)17-22(5)29(41)36-23(6)30(42)35-18-24-14-12-11-13-15-24)37-31(43)26(19-47-10)38-32(44)28(21(3)4)39-33(45)46-34(7,8)9/h11-15,20-23,25-28,40H,16-19H2,1-10H3,(H,35,42)(H,36,41)(H,37,43)(H,38,44)(H,39,45)/t22-,23+,25+,26+,27+,28+/m1/s1. The number of hydrogen-bond donors (Lipinski definition) is 6. The van der Waals surface area contributed by atoms with E-state index in [0.29, 0.717) is 13.0 Å². The summed E-state index contributed by atoms with van der Waals surface area (Å²) in [6, 6.07) is 6.05. The summed E-state index contributed by atoms with van der Waals surface area (Å²) in [7, 11) is 0. The first-order valence-corrected chi connectivity index (χ1v) is 17.6. The molecular weight excluding hydrogens is 622 g/mol. The SMILES string of the molecule is CSC[C@H](NC(=O)[C@@H](NC(=O)OC(C)(C)C)C(C)C)C(=O)N[C@@H](CC(C)C)[C@@H](O)C[C@@H](C)C(=O)N[C@@H](C)C(=O)NCc1ccccc1. The third-order valence-corrected chi connectivity index (χ3v) is 7.88. The topological polar surface area (TPSA) is 175 Å². The van der Waals surface area contributed by atoms with Gasteiger partial charge >= 0.3 is 6.09 Å². The molecule has 0 aliphatic rings. The van der Waals surface area contributed by atoms with Crippen LogP contribution in [0.25, 0.3) is 0 Å². The summed E-state index contributed by atoms with van der Waals surface area (Å²) in [4.78, 5) is 64.6. The van der Waals surface area contributed by atoms with E-state index in [1.54, 1.807) is 54.7 Å². The molecule has 0 fully saturated rings. The normalized spacial score (nSPS) is 15.4. The van der Waals surface area contributed by atoms with Gasteiger partial charge in [-0.15, -0.1) is 0 Å². The number of nitrogens with one attached hydrogen (secondary N) is 5. The summed E-state index contributed by atoms with van der Waals surface area (Å²) >= 11 is 1.36. The fraction of sp³-hybridized carbons (Fsp3) is 0.676. The largest absolute Gasteiger partial charge is 0.444 e. The van der Waals surface area contributed by atoms with Gasteiger partial charge in [-0.1, -0.05) is 65.0 Å². The Morgan fingerprint density at radius 3 is 1.96 bits per heavy atom. The van der Waals surface area contributed by atoms with E-state index in [1.165, 1.54) is 11.8 Å². The minimum atomic E-state index is -1.08. The number of aliphatic hydroxyl groups is 1. The monoisotopic (exact) mass is 679 g/mol. The van der Waals surface area contributed by atoms with Crippen molar-refractivity contribution in [1.82, 2.24) is 26.6 Å². The molecule has 13 heteroatoms. The predicted octanol–water partition coefficient (Wildman–Crippen LogP) is 3.12. The summed E-state index contributed by atoms with van der Waals surface area (Å²) in [6.07, 6.45) is 0.449. The van der Waals surface area contributed by atoms with Crippen molar-refractivity contribution < 1.29 is 33.8 Å². The number of rotatable bonds is 18. The van der Waals surface area contributed by atoms with Crippen LogP contribution in [-0.4, -0.2) is 82.7 Å². The maximum Gasteiger partial charge on any atom is 0.408 e. The van der Waals surface area contributed by atoms with Gasteiger partial charge < -0.3 is 36.4 Å². The summed E-state index contributed by atoms with van der Waals surface area (Å²) in [5.41, 5.74) is 0.189. The van der Waals surface area contributed by atoms with Gasteiger partial charge in [-0.05, 0) is 64.2 Å². The maximum absolute atomic E-state index is 13.5. The lowest BCUT2D eigenvalue weighted by atomic mass is 9.92. The molecular formula is C34H57N5O7S. The van der Waals surface area contributed by atoms with Gasteiger partial charge in [0.25, 0.3) is 0 Å². The van der Waals surface area contributed by atoms with E-state index in [9.17, 15) is 29.1 Å². The number of thioether (sulfide) groups is 1. The zero-order valence-corrected chi connectivity index (χ0v) is 30.5. The van der Waals surface area contributed by atoms with E-state index < -0.39 is 65.6 Å². The van der Waals surface area contributed by atoms with Crippen molar-refractivity contribution in [2.75, 3.05) is 12.0 Å². The number of hydrogen-bond acceptors (Lipinski definition) is 8. The van der Waals surface area contributed by atoms with Crippen LogP contribution in [-0.2, 0) is 30.5 Å². The lowest BCUT2D eigenvalue weighted by Gasteiger charge is -2.30. The van der Waals surface area contributed by atoms with Gasteiger partial charge in [0.15, 0.2) is 0 Å². The highest BCUT2D eigenvalue weighted by atomic mass is 32.2. The van der Waals surface area contributed by atoms with Crippen LogP contribution in [0.5, 0.6) is 0 Å². The van der Waals surface area contributed by atoms with Crippen molar-refractivity contribution in [2.45, 2.75) is 118 Å². The molecule has 0 unspecified atom stereocenters. The second-order valence-electron chi connectivity index (χ2n) is 13.8. The zero-order chi connectivity index (χ0) is 35.9. The first kappa shape index (κ1) is 41.7. The van der Waals surface area contributed by atoms with Gasteiger partial charge in [-0.25, -0.2) is 4.79 Å². The lowest BCUT2D eigenvalue weighted by Crippen LogP contribution is -2.58. The number of benzene rings is 1. The zero-order valence-electron chi connectivity index (χ0n) is 29.6. The van der Waals surface area contributed by atoms with Gasteiger partial charge in [0, 0.05) is 18.2 Å². The summed E-state index contributed by atoms with van der Waals surface area (Å²) in [5.74, 6) is -2.35. The highest BCUT2D eigenvalue weighted by Gasteiger charge is 2.33. The van der Waals surface area contributed by atoms with E-state index in [2.05, 4.69) is 26.6 Å². The van der Waals surface area contributed by atoms with Crippen LogP contribution in [0.2, 0.25) is 0 Å². The fourth-order valence-electron chi connectivity index (χ4n) is 4.68. The van der Waals surface area contributed by atoms with Gasteiger partial charge in [0.2, 0.25) is 23.6 Å². The molecule has 266 valence electrons. The van der Waals surface area contributed by atoms with Crippen LogP contribution in [0.3, 0.4) is 0 Å². The van der Waals surface area contributed by atoms with Crippen LogP contribution in [0.4, 0.5) is 4.79 Å². The molecule has 5 amide bonds. The molecule has 1 aromatic carbocycles. The first-order chi connectivity index (χ1) is 21.8. The van der Waals surface area contributed by atoms with Gasteiger partial charge in [0.1, 0.15) is 23.7 Å². The molecule has 0 heterocycles. The fourth-order valence-corrected chi connectivity index (χ4v) is 5.24. The smallest absolute Gasteiger partial charge is 0.408 e. The molecule has 0 aromatic heterocycles. The Hall–Kier alpha value is -3.32. The van der Waals surface area contributed by atoms with E-state index >= 15 is 0 Å². The Morgan fingerprint density at radius 2 is 1.43 bits per heavy atom. The molecule has 0 spiro atoms. The minimum Gasteiger partial charge on any atom is -0.444 e. The van der Waals surface area contributed by atoms with Crippen LogP contribution < -0.4 is 26.6 Å². The second-order valence-corrected chi connectivity index (χ2v) is 14.7. The molecule has 6 N–H and O–H groups in total. The van der Waals surface area contributed by atoms with Crippen LogP contribution in [0, 0.1) is 17.8 Å². The maximum atomic E-state index is 13.5. The number of alkyl carbamates (subject to hydrolysis) is 1. The van der Waals surface area contributed by atoms with E-state index in [-0.39, 0.29) is 29.9 Å². The quantitative estimate of drug-likeness (QED) is 0.137. The predicted molar refractivity (Wildman–Crippen MR) is 185 cm³/mol. The van der Waals surface area contributed by atoms with Gasteiger partial charge in [0.05, 0.1) is 12.1 Å². The minimum absolute atomic E-state index is 0.0383. The Labute approximate surface area is 284 Å². The van der Waals surface area contributed by atoms with Crippen LogP contribution >= 0.6 is 11.8 Å². The highest BCUT2D eigenvalue weighted by Crippen LogP contribution is 2.17. The Bertz CT molecular complexity index is 1160. The molecule has 0 saturated heterocycles. The number of amides is 5. The van der Waals surface area contributed by atoms with Crippen molar-refractivity contribution >= 4 is 41.5 Å². The Kier molecular flexibility index (Phi) is 17.9. The molecule has 1 aromatic rings. The molecule has 47 heavy (non-hydrogen) atoms. The summed E-state index contributed by atoms with van der Waals surface area (Å²) in [6.45, 7) is 16.2. The molecule has 6 atom stereocenters. The average Bonchev–Trinajstić information content (AvgIpc) is 2.96. The molecule has 12 nitrogen and oxygen atoms in total.